The van der Waals surface area contributed by atoms with Crippen molar-refractivity contribution in [1.29, 1.82) is 0 Å². The van der Waals surface area contributed by atoms with Gasteiger partial charge in [0.25, 0.3) is 0 Å². The third kappa shape index (κ3) is 6.79. The van der Waals surface area contributed by atoms with Gasteiger partial charge in [-0.3, -0.25) is 4.79 Å². The van der Waals surface area contributed by atoms with Gasteiger partial charge < -0.3 is 15.1 Å². The maximum absolute atomic E-state index is 12.0. The van der Waals surface area contributed by atoms with Crippen LogP contribution in [0, 0.1) is 5.92 Å². The SMILES string of the molecule is CCN(CC)C(=O)CCCN(CC1CCCNC1)C(C)C. The number of carbonyl (C=O) groups is 1. The van der Waals surface area contributed by atoms with Gasteiger partial charge in [-0.15, -0.1) is 0 Å². The van der Waals surface area contributed by atoms with Crippen molar-refractivity contribution in [3.05, 3.63) is 0 Å². The lowest BCUT2D eigenvalue weighted by Gasteiger charge is -2.33. The molecule has 0 radical (unpaired) electrons. The van der Waals surface area contributed by atoms with Crippen LogP contribution in [-0.2, 0) is 4.79 Å². The van der Waals surface area contributed by atoms with Crippen LogP contribution in [-0.4, -0.2) is 61.0 Å². The fourth-order valence-electron chi connectivity index (χ4n) is 3.14. The maximum Gasteiger partial charge on any atom is 0.222 e. The van der Waals surface area contributed by atoms with Gasteiger partial charge in [0, 0.05) is 32.1 Å². The molecule has 0 aliphatic carbocycles. The van der Waals surface area contributed by atoms with Crippen LogP contribution in [0.1, 0.15) is 53.4 Å². The molecule has 1 saturated heterocycles. The van der Waals surface area contributed by atoms with Gasteiger partial charge >= 0.3 is 0 Å². The smallest absolute Gasteiger partial charge is 0.222 e. The van der Waals surface area contributed by atoms with Crippen LogP contribution in [0.25, 0.3) is 0 Å². The number of rotatable bonds is 9. The van der Waals surface area contributed by atoms with E-state index in [9.17, 15) is 4.79 Å². The van der Waals surface area contributed by atoms with Crippen molar-refractivity contribution in [3.63, 3.8) is 0 Å². The molecule has 1 N–H and O–H groups in total. The lowest BCUT2D eigenvalue weighted by molar-refractivity contribution is -0.131. The average molecular weight is 297 g/mol. The van der Waals surface area contributed by atoms with Crippen LogP contribution in [0.2, 0.25) is 0 Å². The zero-order valence-corrected chi connectivity index (χ0v) is 14.5. The van der Waals surface area contributed by atoms with Crippen LogP contribution in [0.4, 0.5) is 0 Å². The molecule has 0 bridgehead atoms. The summed E-state index contributed by atoms with van der Waals surface area (Å²) in [5.41, 5.74) is 0. The van der Waals surface area contributed by atoms with Crippen molar-refractivity contribution in [2.45, 2.75) is 59.4 Å². The summed E-state index contributed by atoms with van der Waals surface area (Å²) in [6, 6.07) is 0.565. The van der Waals surface area contributed by atoms with E-state index < -0.39 is 0 Å². The van der Waals surface area contributed by atoms with Gasteiger partial charge in [0.1, 0.15) is 0 Å². The minimum absolute atomic E-state index is 0.308. The molecular weight excluding hydrogens is 262 g/mol. The molecule has 124 valence electrons. The van der Waals surface area contributed by atoms with Crippen molar-refractivity contribution >= 4 is 5.91 Å². The average Bonchev–Trinajstić information content (AvgIpc) is 2.48. The van der Waals surface area contributed by atoms with Crippen LogP contribution >= 0.6 is 0 Å². The molecule has 1 unspecified atom stereocenters. The maximum atomic E-state index is 12.0. The number of amides is 1. The van der Waals surface area contributed by atoms with Gasteiger partial charge in [-0.25, -0.2) is 0 Å². The van der Waals surface area contributed by atoms with Crippen LogP contribution in [0.15, 0.2) is 0 Å². The van der Waals surface area contributed by atoms with E-state index in [0.29, 0.717) is 18.4 Å². The Morgan fingerprint density at radius 1 is 1.29 bits per heavy atom. The molecule has 0 aromatic heterocycles. The number of nitrogens with zero attached hydrogens (tertiary/aromatic N) is 2. The molecule has 1 amide bonds. The summed E-state index contributed by atoms with van der Waals surface area (Å²) >= 11 is 0. The van der Waals surface area contributed by atoms with E-state index in [1.165, 1.54) is 25.9 Å². The van der Waals surface area contributed by atoms with Gasteiger partial charge in [0.2, 0.25) is 5.91 Å². The van der Waals surface area contributed by atoms with Gasteiger partial charge in [-0.05, 0) is 72.5 Å². The van der Waals surface area contributed by atoms with Crippen LogP contribution in [0.5, 0.6) is 0 Å². The number of hydrogen-bond acceptors (Lipinski definition) is 3. The second kappa shape index (κ2) is 10.2. The topological polar surface area (TPSA) is 35.6 Å². The van der Waals surface area contributed by atoms with E-state index in [1.54, 1.807) is 0 Å². The highest BCUT2D eigenvalue weighted by Gasteiger charge is 2.19. The molecular formula is C17H35N3O. The summed E-state index contributed by atoms with van der Waals surface area (Å²) in [6.45, 7) is 14.8. The highest BCUT2D eigenvalue weighted by atomic mass is 16.2. The standard InChI is InChI=1S/C17H35N3O/c1-5-19(6-2)17(21)10-8-12-20(15(3)4)14-16-9-7-11-18-13-16/h15-16,18H,5-14H2,1-4H3. The summed E-state index contributed by atoms with van der Waals surface area (Å²) in [5.74, 6) is 1.09. The Bertz CT molecular complexity index is 284. The highest BCUT2D eigenvalue weighted by molar-refractivity contribution is 5.76. The monoisotopic (exact) mass is 297 g/mol. The second-order valence-corrected chi connectivity index (χ2v) is 6.47. The van der Waals surface area contributed by atoms with Crippen molar-refractivity contribution in [3.8, 4) is 0 Å². The Hall–Kier alpha value is -0.610. The summed E-state index contributed by atoms with van der Waals surface area (Å²) in [6.07, 6.45) is 4.31. The second-order valence-electron chi connectivity index (χ2n) is 6.47. The van der Waals surface area contributed by atoms with E-state index in [4.69, 9.17) is 0 Å². The largest absolute Gasteiger partial charge is 0.343 e. The molecule has 0 aromatic rings. The summed E-state index contributed by atoms with van der Waals surface area (Å²) in [7, 11) is 0. The minimum Gasteiger partial charge on any atom is -0.343 e. The lowest BCUT2D eigenvalue weighted by atomic mass is 9.98. The molecule has 0 aromatic carbocycles. The predicted molar refractivity (Wildman–Crippen MR) is 89.5 cm³/mol. The first kappa shape index (κ1) is 18.4. The quantitative estimate of drug-likeness (QED) is 0.709. The number of carbonyl (C=O) groups excluding carboxylic acids is 1. The zero-order valence-electron chi connectivity index (χ0n) is 14.5. The first-order valence-corrected chi connectivity index (χ1v) is 8.81. The molecule has 1 heterocycles. The molecule has 1 aliphatic heterocycles. The molecule has 0 saturated carbocycles. The molecule has 4 heteroatoms. The highest BCUT2D eigenvalue weighted by Crippen LogP contribution is 2.14. The van der Waals surface area contributed by atoms with Gasteiger partial charge in [-0.1, -0.05) is 0 Å². The molecule has 21 heavy (non-hydrogen) atoms. The Morgan fingerprint density at radius 3 is 2.52 bits per heavy atom. The van der Waals surface area contributed by atoms with E-state index in [2.05, 4.69) is 37.9 Å². The van der Waals surface area contributed by atoms with E-state index >= 15 is 0 Å². The first-order chi connectivity index (χ1) is 10.1. The molecule has 1 aliphatic rings. The zero-order chi connectivity index (χ0) is 15.7. The van der Waals surface area contributed by atoms with Crippen molar-refractivity contribution in [1.82, 2.24) is 15.1 Å². The van der Waals surface area contributed by atoms with E-state index in [1.807, 2.05) is 4.90 Å². The number of hydrogen-bond donors (Lipinski definition) is 1. The Balaban J connectivity index is 2.32. The molecule has 1 atom stereocenters. The first-order valence-electron chi connectivity index (χ1n) is 8.81. The third-order valence-electron chi connectivity index (χ3n) is 4.57. The fraction of sp³-hybridized carbons (Fsp3) is 0.941. The molecule has 1 rings (SSSR count). The summed E-state index contributed by atoms with van der Waals surface area (Å²) < 4.78 is 0. The van der Waals surface area contributed by atoms with Crippen molar-refractivity contribution < 1.29 is 4.79 Å². The normalized spacial score (nSPS) is 19.2. The van der Waals surface area contributed by atoms with Gasteiger partial charge in [-0.2, -0.15) is 0 Å². The number of piperidine rings is 1. The van der Waals surface area contributed by atoms with Gasteiger partial charge in [0.05, 0.1) is 0 Å². The third-order valence-corrected chi connectivity index (χ3v) is 4.57. The molecule has 4 nitrogen and oxygen atoms in total. The number of nitrogens with one attached hydrogen (secondary N) is 1. The van der Waals surface area contributed by atoms with Crippen molar-refractivity contribution in [2.75, 3.05) is 39.3 Å². The van der Waals surface area contributed by atoms with Gasteiger partial charge in [0.15, 0.2) is 0 Å². The van der Waals surface area contributed by atoms with Crippen molar-refractivity contribution in [2.24, 2.45) is 5.92 Å². The minimum atomic E-state index is 0.308. The van der Waals surface area contributed by atoms with Crippen LogP contribution in [0.3, 0.4) is 0 Å². The summed E-state index contributed by atoms with van der Waals surface area (Å²) in [5, 5.41) is 3.50. The molecule has 0 spiro atoms. The molecule has 1 fully saturated rings. The van der Waals surface area contributed by atoms with Crippen LogP contribution < -0.4 is 5.32 Å². The Morgan fingerprint density at radius 2 is 2.00 bits per heavy atom. The Labute approximate surface area is 131 Å². The fourth-order valence-corrected chi connectivity index (χ4v) is 3.14. The van der Waals surface area contributed by atoms with E-state index in [0.717, 1.165) is 38.5 Å². The van der Waals surface area contributed by atoms with E-state index in [-0.39, 0.29) is 0 Å². The summed E-state index contributed by atoms with van der Waals surface area (Å²) in [4.78, 5) is 16.5. The Kier molecular flexibility index (Phi) is 8.93. The lowest BCUT2D eigenvalue weighted by Crippen LogP contribution is -2.41. The predicted octanol–water partition coefficient (Wildman–Crippen LogP) is 2.34.